The summed E-state index contributed by atoms with van der Waals surface area (Å²) < 4.78 is 5.72. The van der Waals surface area contributed by atoms with Crippen LogP contribution in [0.5, 0.6) is 0 Å². The van der Waals surface area contributed by atoms with Gasteiger partial charge >= 0.3 is 6.09 Å². The molecular formula is C11H14BrNO3. The van der Waals surface area contributed by atoms with Gasteiger partial charge in [0.1, 0.15) is 6.61 Å². The summed E-state index contributed by atoms with van der Waals surface area (Å²) in [5.74, 6) is 0. The van der Waals surface area contributed by atoms with Crippen LogP contribution in [0.15, 0.2) is 16.6 Å². The lowest BCUT2D eigenvalue weighted by molar-refractivity contribution is 0.131. The van der Waals surface area contributed by atoms with Crippen molar-refractivity contribution >= 4 is 27.7 Å². The maximum atomic E-state index is 11.2. The fraction of sp³-hybridized carbons (Fsp3) is 0.364. The van der Waals surface area contributed by atoms with Crippen molar-refractivity contribution in [3.8, 4) is 0 Å². The largest absolute Gasteiger partial charge is 0.447 e. The molecule has 0 aliphatic heterocycles. The van der Waals surface area contributed by atoms with Crippen LogP contribution in [0.1, 0.15) is 11.1 Å². The lowest BCUT2D eigenvalue weighted by Crippen LogP contribution is -2.15. The molecule has 1 aromatic rings. The van der Waals surface area contributed by atoms with Gasteiger partial charge in [-0.15, -0.1) is 0 Å². The minimum Gasteiger partial charge on any atom is -0.447 e. The second-order valence-electron chi connectivity index (χ2n) is 3.41. The first kappa shape index (κ1) is 13.0. The molecule has 0 radical (unpaired) electrons. The number of carbonyl (C=O) groups is 1. The van der Waals surface area contributed by atoms with E-state index < -0.39 is 6.09 Å². The molecule has 1 amide bonds. The number of aryl methyl sites for hydroxylation is 2. The summed E-state index contributed by atoms with van der Waals surface area (Å²) in [6, 6.07) is 3.69. The van der Waals surface area contributed by atoms with Gasteiger partial charge < -0.3 is 9.84 Å². The smallest absolute Gasteiger partial charge is 0.411 e. The predicted molar refractivity (Wildman–Crippen MR) is 65.7 cm³/mol. The van der Waals surface area contributed by atoms with Crippen LogP contribution in [0.25, 0.3) is 0 Å². The van der Waals surface area contributed by atoms with Gasteiger partial charge in [0.2, 0.25) is 0 Å². The van der Waals surface area contributed by atoms with E-state index in [1.807, 2.05) is 26.0 Å². The summed E-state index contributed by atoms with van der Waals surface area (Å²) in [5, 5.41) is 11.1. The molecule has 1 rings (SSSR count). The van der Waals surface area contributed by atoms with E-state index in [1.165, 1.54) is 0 Å². The highest BCUT2D eigenvalue weighted by atomic mass is 79.9. The molecule has 0 aliphatic carbocycles. The van der Waals surface area contributed by atoms with Gasteiger partial charge in [0, 0.05) is 10.2 Å². The van der Waals surface area contributed by atoms with Crippen LogP contribution in [0.4, 0.5) is 10.5 Å². The second-order valence-corrected chi connectivity index (χ2v) is 4.20. The molecule has 0 fully saturated rings. The Hall–Kier alpha value is -1.07. The lowest BCUT2D eigenvalue weighted by Gasteiger charge is -2.09. The molecule has 0 aliphatic rings. The Morgan fingerprint density at radius 3 is 2.50 bits per heavy atom. The quantitative estimate of drug-likeness (QED) is 0.898. The Morgan fingerprint density at radius 1 is 1.44 bits per heavy atom. The van der Waals surface area contributed by atoms with E-state index in [4.69, 9.17) is 9.84 Å². The Kier molecular flexibility index (Phi) is 4.76. The second kappa shape index (κ2) is 5.86. The third kappa shape index (κ3) is 3.50. The zero-order valence-electron chi connectivity index (χ0n) is 9.21. The van der Waals surface area contributed by atoms with Crippen LogP contribution in [0, 0.1) is 13.8 Å². The number of hydrogen-bond acceptors (Lipinski definition) is 3. The van der Waals surface area contributed by atoms with Crippen molar-refractivity contribution in [2.75, 3.05) is 18.5 Å². The van der Waals surface area contributed by atoms with E-state index in [9.17, 15) is 4.79 Å². The summed E-state index contributed by atoms with van der Waals surface area (Å²) in [6.45, 7) is 3.72. The summed E-state index contributed by atoms with van der Waals surface area (Å²) in [5.41, 5.74) is 2.76. The van der Waals surface area contributed by atoms with E-state index in [-0.39, 0.29) is 13.2 Å². The summed E-state index contributed by atoms with van der Waals surface area (Å²) in [4.78, 5) is 11.2. The van der Waals surface area contributed by atoms with Crippen molar-refractivity contribution < 1.29 is 14.6 Å². The summed E-state index contributed by atoms with van der Waals surface area (Å²) in [7, 11) is 0. The standard InChI is InChI=1S/C11H14BrNO3/c1-7-5-9(6-8(2)10(7)12)13-11(15)16-4-3-14/h5-6,14H,3-4H2,1-2H3,(H,13,15). The number of hydrogen-bond donors (Lipinski definition) is 2. The molecule has 4 nitrogen and oxygen atoms in total. The first-order chi connectivity index (χ1) is 7.54. The van der Waals surface area contributed by atoms with E-state index in [2.05, 4.69) is 21.2 Å². The highest BCUT2D eigenvalue weighted by Crippen LogP contribution is 2.24. The molecule has 0 unspecified atom stereocenters. The van der Waals surface area contributed by atoms with E-state index in [0.717, 1.165) is 15.6 Å². The number of anilines is 1. The number of aliphatic hydroxyl groups excluding tert-OH is 1. The molecule has 0 saturated heterocycles. The fourth-order valence-electron chi connectivity index (χ4n) is 1.31. The van der Waals surface area contributed by atoms with Crippen molar-refractivity contribution in [2.45, 2.75) is 13.8 Å². The van der Waals surface area contributed by atoms with Crippen LogP contribution in [-0.4, -0.2) is 24.4 Å². The lowest BCUT2D eigenvalue weighted by atomic mass is 10.1. The Balaban J connectivity index is 2.71. The molecule has 5 heteroatoms. The van der Waals surface area contributed by atoms with Crippen molar-refractivity contribution in [3.63, 3.8) is 0 Å². The van der Waals surface area contributed by atoms with Crippen molar-refractivity contribution in [2.24, 2.45) is 0 Å². The average Bonchev–Trinajstić information content (AvgIpc) is 2.23. The van der Waals surface area contributed by atoms with Gasteiger partial charge in [0.25, 0.3) is 0 Å². The van der Waals surface area contributed by atoms with E-state index in [0.29, 0.717) is 5.69 Å². The third-order valence-electron chi connectivity index (χ3n) is 2.01. The SMILES string of the molecule is Cc1cc(NC(=O)OCCO)cc(C)c1Br. The summed E-state index contributed by atoms with van der Waals surface area (Å²) >= 11 is 3.44. The van der Waals surface area contributed by atoms with E-state index >= 15 is 0 Å². The Bertz CT molecular complexity index is 370. The van der Waals surface area contributed by atoms with Crippen LogP contribution in [-0.2, 0) is 4.74 Å². The van der Waals surface area contributed by atoms with Gasteiger partial charge in [0.15, 0.2) is 0 Å². The molecule has 0 bridgehead atoms. The molecule has 0 aromatic heterocycles. The molecule has 0 spiro atoms. The Labute approximate surface area is 103 Å². The van der Waals surface area contributed by atoms with E-state index in [1.54, 1.807) is 0 Å². The van der Waals surface area contributed by atoms with Crippen LogP contribution in [0.3, 0.4) is 0 Å². The number of ether oxygens (including phenoxy) is 1. The number of benzene rings is 1. The molecule has 88 valence electrons. The molecule has 16 heavy (non-hydrogen) atoms. The highest BCUT2D eigenvalue weighted by molar-refractivity contribution is 9.10. The number of rotatable bonds is 3. The van der Waals surface area contributed by atoms with Crippen molar-refractivity contribution in [1.29, 1.82) is 0 Å². The first-order valence-corrected chi connectivity index (χ1v) is 5.65. The average molecular weight is 288 g/mol. The van der Waals surface area contributed by atoms with Gasteiger partial charge in [-0.05, 0) is 37.1 Å². The number of halogens is 1. The fourth-order valence-corrected chi connectivity index (χ4v) is 1.54. The van der Waals surface area contributed by atoms with Crippen molar-refractivity contribution in [1.82, 2.24) is 0 Å². The zero-order valence-corrected chi connectivity index (χ0v) is 10.8. The maximum Gasteiger partial charge on any atom is 0.411 e. The number of nitrogens with one attached hydrogen (secondary N) is 1. The normalized spacial score (nSPS) is 10.0. The summed E-state index contributed by atoms with van der Waals surface area (Å²) in [6.07, 6.45) is -0.560. The Morgan fingerprint density at radius 2 is 2.00 bits per heavy atom. The van der Waals surface area contributed by atoms with Crippen LogP contribution >= 0.6 is 15.9 Å². The predicted octanol–water partition coefficient (Wildman–Crippen LogP) is 2.61. The molecule has 0 atom stereocenters. The van der Waals surface area contributed by atoms with Gasteiger partial charge in [0.05, 0.1) is 6.61 Å². The monoisotopic (exact) mass is 287 g/mol. The number of aliphatic hydroxyl groups is 1. The molecule has 2 N–H and O–H groups in total. The first-order valence-electron chi connectivity index (χ1n) is 4.86. The molecule has 0 heterocycles. The van der Waals surface area contributed by atoms with Gasteiger partial charge in [-0.25, -0.2) is 4.79 Å². The molecule has 1 aromatic carbocycles. The number of amides is 1. The molecule has 0 saturated carbocycles. The maximum absolute atomic E-state index is 11.2. The zero-order chi connectivity index (χ0) is 12.1. The minimum absolute atomic E-state index is 0.000323. The minimum atomic E-state index is -0.560. The van der Waals surface area contributed by atoms with Crippen molar-refractivity contribution in [3.05, 3.63) is 27.7 Å². The topological polar surface area (TPSA) is 58.6 Å². The van der Waals surface area contributed by atoms with Crippen LogP contribution in [0.2, 0.25) is 0 Å². The molecular weight excluding hydrogens is 274 g/mol. The number of carbonyl (C=O) groups excluding carboxylic acids is 1. The highest BCUT2D eigenvalue weighted by Gasteiger charge is 2.06. The van der Waals surface area contributed by atoms with Gasteiger partial charge in [-0.1, -0.05) is 15.9 Å². The third-order valence-corrected chi connectivity index (χ3v) is 3.26. The van der Waals surface area contributed by atoms with Crippen LogP contribution < -0.4 is 5.32 Å². The van der Waals surface area contributed by atoms with Gasteiger partial charge in [-0.3, -0.25) is 5.32 Å². The van der Waals surface area contributed by atoms with Gasteiger partial charge in [-0.2, -0.15) is 0 Å².